The molecule has 15 heavy (non-hydrogen) atoms. The van der Waals surface area contributed by atoms with Gasteiger partial charge in [-0.3, -0.25) is 0 Å². The van der Waals surface area contributed by atoms with Crippen molar-refractivity contribution in [1.82, 2.24) is 0 Å². The fraction of sp³-hybridized carbons (Fsp3) is 0.455. The molecule has 0 saturated carbocycles. The Morgan fingerprint density at radius 3 is 2.47 bits per heavy atom. The van der Waals surface area contributed by atoms with Gasteiger partial charge in [0.15, 0.2) is 0 Å². The predicted molar refractivity (Wildman–Crippen MR) is 64.5 cm³/mol. The van der Waals surface area contributed by atoms with E-state index < -0.39 is 0 Å². The summed E-state index contributed by atoms with van der Waals surface area (Å²) in [7, 11) is 0. The minimum Gasteiger partial charge on any atom is -0.506 e. The maximum Gasteiger partial charge on any atom is 0.139 e. The summed E-state index contributed by atoms with van der Waals surface area (Å²) in [6.45, 7) is 4.14. The molecular formula is C11H15Cl2NO. The van der Waals surface area contributed by atoms with Gasteiger partial charge < -0.3 is 10.8 Å². The first-order chi connectivity index (χ1) is 6.91. The molecule has 0 aliphatic heterocycles. The average Bonchev–Trinajstić information content (AvgIpc) is 2.09. The number of hydrogen-bond acceptors (Lipinski definition) is 2. The number of phenolic OH excluding ortho intramolecular Hbond substituents is 1. The lowest BCUT2D eigenvalue weighted by molar-refractivity contribution is 0.445. The molecule has 0 fully saturated rings. The highest BCUT2D eigenvalue weighted by atomic mass is 35.5. The summed E-state index contributed by atoms with van der Waals surface area (Å²) in [5.74, 6) is 0.492. The normalized spacial score (nSPS) is 13.2. The van der Waals surface area contributed by atoms with Crippen LogP contribution >= 0.6 is 23.2 Å². The molecule has 2 nitrogen and oxygen atoms in total. The van der Waals surface area contributed by atoms with Gasteiger partial charge in [0.05, 0.1) is 5.02 Å². The van der Waals surface area contributed by atoms with E-state index >= 15 is 0 Å². The van der Waals surface area contributed by atoms with E-state index in [4.69, 9.17) is 28.9 Å². The van der Waals surface area contributed by atoms with Crippen LogP contribution in [0.5, 0.6) is 5.75 Å². The van der Waals surface area contributed by atoms with E-state index in [0.29, 0.717) is 16.5 Å². The summed E-state index contributed by atoms with van der Waals surface area (Å²) in [5.41, 5.74) is 6.57. The molecule has 0 aliphatic carbocycles. The van der Waals surface area contributed by atoms with E-state index in [0.717, 1.165) is 6.42 Å². The quantitative estimate of drug-likeness (QED) is 0.855. The van der Waals surface area contributed by atoms with Crippen LogP contribution in [0, 0.1) is 5.92 Å². The third-order valence-corrected chi connectivity index (χ3v) is 2.69. The maximum absolute atomic E-state index is 9.73. The molecule has 1 atom stereocenters. The molecule has 0 radical (unpaired) electrons. The van der Waals surface area contributed by atoms with Crippen molar-refractivity contribution in [2.75, 3.05) is 0 Å². The predicted octanol–water partition coefficient (Wildman–Crippen LogP) is 3.74. The van der Waals surface area contributed by atoms with Crippen LogP contribution in [0.3, 0.4) is 0 Å². The van der Waals surface area contributed by atoms with Gasteiger partial charge in [-0.1, -0.05) is 37.0 Å². The Morgan fingerprint density at radius 2 is 1.93 bits per heavy atom. The van der Waals surface area contributed by atoms with Crippen LogP contribution in [-0.2, 0) is 0 Å². The molecule has 0 unspecified atom stereocenters. The van der Waals surface area contributed by atoms with Gasteiger partial charge in [0.1, 0.15) is 5.75 Å². The molecule has 4 heteroatoms. The van der Waals surface area contributed by atoms with Crippen LogP contribution in [0.1, 0.15) is 31.9 Å². The van der Waals surface area contributed by atoms with Crippen molar-refractivity contribution < 1.29 is 5.11 Å². The molecule has 0 aromatic heterocycles. The number of hydrogen-bond donors (Lipinski definition) is 2. The highest BCUT2D eigenvalue weighted by molar-refractivity contribution is 6.35. The number of halogens is 2. The second-order valence-corrected chi connectivity index (χ2v) is 4.91. The minimum atomic E-state index is -0.235. The van der Waals surface area contributed by atoms with Crippen molar-refractivity contribution in [2.45, 2.75) is 26.3 Å². The van der Waals surface area contributed by atoms with Crippen LogP contribution in [0.15, 0.2) is 12.1 Å². The van der Waals surface area contributed by atoms with Crippen LogP contribution in [0.2, 0.25) is 10.0 Å². The van der Waals surface area contributed by atoms with Crippen LogP contribution < -0.4 is 5.73 Å². The molecule has 0 bridgehead atoms. The van der Waals surface area contributed by atoms with Gasteiger partial charge in [-0.25, -0.2) is 0 Å². The number of benzene rings is 1. The van der Waals surface area contributed by atoms with Crippen molar-refractivity contribution in [2.24, 2.45) is 11.7 Å². The summed E-state index contributed by atoms with van der Waals surface area (Å²) < 4.78 is 0. The zero-order chi connectivity index (χ0) is 11.6. The van der Waals surface area contributed by atoms with Crippen molar-refractivity contribution >= 4 is 23.2 Å². The first kappa shape index (κ1) is 12.6. The molecule has 1 rings (SSSR count). The average molecular weight is 248 g/mol. The Labute approximate surface area is 100.0 Å². The third-order valence-electron chi connectivity index (χ3n) is 2.18. The van der Waals surface area contributed by atoms with Gasteiger partial charge in [0, 0.05) is 16.6 Å². The Hall–Kier alpha value is -0.440. The molecule has 1 aromatic carbocycles. The molecule has 0 spiro atoms. The van der Waals surface area contributed by atoms with Crippen molar-refractivity contribution in [3.05, 3.63) is 27.7 Å². The highest BCUT2D eigenvalue weighted by Gasteiger charge is 2.15. The maximum atomic E-state index is 9.73. The Morgan fingerprint density at radius 1 is 1.33 bits per heavy atom. The molecule has 0 amide bonds. The standard InChI is InChI=1S/C11H15Cl2NO/c1-6(2)3-10(14)8-4-7(12)5-9(13)11(8)15/h4-6,10,15H,3,14H2,1-2H3/t10-/m0/s1. The van der Waals surface area contributed by atoms with Gasteiger partial charge in [-0.2, -0.15) is 0 Å². The summed E-state index contributed by atoms with van der Waals surface area (Å²) >= 11 is 11.7. The number of nitrogens with two attached hydrogens (primary N) is 1. The molecule has 1 aromatic rings. The second-order valence-electron chi connectivity index (χ2n) is 4.06. The van der Waals surface area contributed by atoms with E-state index in [1.54, 1.807) is 6.07 Å². The highest BCUT2D eigenvalue weighted by Crippen LogP contribution is 2.35. The molecule has 84 valence electrons. The monoisotopic (exact) mass is 247 g/mol. The number of aromatic hydroxyl groups is 1. The third kappa shape index (κ3) is 3.26. The fourth-order valence-corrected chi connectivity index (χ4v) is 2.01. The van der Waals surface area contributed by atoms with Gasteiger partial charge in [0.2, 0.25) is 0 Å². The topological polar surface area (TPSA) is 46.2 Å². The van der Waals surface area contributed by atoms with E-state index in [1.165, 1.54) is 6.07 Å². The summed E-state index contributed by atoms with van der Waals surface area (Å²) in [6.07, 6.45) is 0.782. The van der Waals surface area contributed by atoms with Crippen molar-refractivity contribution in [3.63, 3.8) is 0 Å². The lowest BCUT2D eigenvalue weighted by atomic mass is 9.97. The van der Waals surface area contributed by atoms with Crippen LogP contribution in [0.4, 0.5) is 0 Å². The molecule has 0 heterocycles. The Kier molecular flexibility index (Phi) is 4.26. The zero-order valence-electron chi connectivity index (χ0n) is 8.80. The number of rotatable bonds is 3. The number of phenols is 1. The van der Waals surface area contributed by atoms with Crippen LogP contribution in [-0.4, -0.2) is 5.11 Å². The van der Waals surface area contributed by atoms with E-state index in [2.05, 4.69) is 13.8 Å². The summed E-state index contributed by atoms with van der Waals surface area (Å²) in [6, 6.07) is 2.93. The van der Waals surface area contributed by atoms with Gasteiger partial charge >= 0.3 is 0 Å². The van der Waals surface area contributed by atoms with Crippen molar-refractivity contribution in [1.29, 1.82) is 0 Å². The minimum absolute atomic E-state index is 0.0363. The summed E-state index contributed by atoms with van der Waals surface area (Å²) in [5, 5.41) is 10.5. The Bertz CT molecular complexity index is 353. The molecule has 0 saturated heterocycles. The largest absolute Gasteiger partial charge is 0.506 e. The first-order valence-electron chi connectivity index (χ1n) is 4.85. The van der Waals surface area contributed by atoms with Gasteiger partial charge in [0.25, 0.3) is 0 Å². The van der Waals surface area contributed by atoms with E-state index in [-0.39, 0.29) is 16.8 Å². The molecular weight excluding hydrogens is 233 g/mol. The first-order valence-corrected chi connectivity index (χ1v) is 5.61. The summed E-state index contributed by atoms with van der Waals surface area (Å²) in [4.78, 5) is 0. The SMILES string of the molecule is CC(C)C[C@H](N)c1cc(Cl)cc(Cl)c1O. The fourth-order valence-electron chi connectivity index (χ4n) is 1.50. The smallest absolute Gasteiger partial charge is 0.139 e. The van der Waals surface area contributed by atoms with Gasteiger partial charge in [-0.05, 0) is 24.5 Å². The lowest BCUT2D eigenvalue weighted by Gasteiger charge is -2.16. The van der Waals surface area contributed by atoms with Crippen LogP contribution in [0.25, 0.3) is 0 Å². The molecule has 3 N–H and O–H groups in total. The second kappa shape index (κ2) is 5.06. The van der Waals surface area contributed by atoms with E-state index in [9.17, 15) is 5.11 Å². The van der Waals surface area contributed by atoms with Crippen molar-refractivity contribution in [3.8, 4) is 5.75 Å². The van der Waals surface area contributed by atoms with Gasteiger partial charge in [-0.15, -0.1) is 0 Å². The zero-order valence-corrected chi connectivity index (χ0v) is 10.3. The molecule has 0 aliphatic rings. The lowest BCUT2D eigenvalue weighted by Crippen LogP contribution is -2.13. The van der Waals surface area contributed by atoms with E-state index in [1.807, 2.05) is 0 Å². The Balaban J connectivity index is 3.02.